The minimum Gasteiger partial charge on any atom is -0.507 e. The number of benzene rings is 3. The van der Waals surface area contributed by atoms with Crippen molar-refractivity contribution >= 4 is 55.7 Å². The number of ether oxygens (including phenoxy) is 2. The van der Waals surface area contributed by atoms with Crippen LogP contribution in [0.4, 0.5) is 5.13 Å². The van der Waals surface area contributed by atoms with Crippen molar-refractivity contribution in [2.24, 2.45) is 0 Å². The standard InChI is InChI=1S/C26H19ClN2O5S/c1-33-17-9-5-15(6-10-17)23(30)21-22(14-3-7-16(27)8-4-14)29(25(32)24(21)31)26-28-19-12-11-18(34-2)13-20(19)35-26/h3-13,22,30H,1-2H3/t22-/m1/s1. The van der Waals surface area contributed by atoms with E-state index >= 15 is 0 Å². The number of nitrogens with zero attached hydrogens (tertiary/aromatic N) is 2. The molecule has 3 aromatic carbocycles. The first-order valence-electron chi connectivity index (χ1n) is 10.6. The molecule has 0 unspecified atom stereocenters. The zero-order chi connectivity index (χ0) is 24.7. The van der Waals surface area contributed by atoms with E-state index in [1.165, 1.54) is 23.3 Å². The highest BCUT2D eigenvalue weighted by atomic mass is 35.5. The number of anilines is 1. The molecule has 1 saturated heterocycles. The second-order valence-corrected chi connectivity index (χ2v) is 9.22. The highest BCUT2D eigenvalue weighted by Crippen LogP contribution is 2.44. The average molecular weight is 507 g/mol. The van der Waals surface area contributed by atoms with Gasteiger partial charge in [0, 0.05) is 10.6 Å². The van der Waals surface area contributed by atoms with Crippen LogP contribution in [0.25, 0.3) is 16.0 Å². The van der Waals surface area contributed by atoms with Gasteiger partial charge in [-0.05, 0) is 60.2 Å². The molecule has 0 bridgehead atoms. The Hall–Kier alpha value is -3.88. The monoisotopic (exact) mass is 506 g/mol. The van der Waals surface area contributed by atoms with Crippen molar-refractivity contribution in [3.05, 3.63) is 88.5 Å². The third-order valence-corrected chi connectivity index (χ3v) is 7.05. The second-order valence-electron chi connectivity index (χ2n) is 7.78. The molecule has 1 aliphatic rings. The number of amides is 1. The van der Waals surface area contributed by atoms with Crippen LogP contribution in [0.15, 0.2) is 72.3 Å². The number of hydrogen-bond acceptors (Lipinski definition) is 7. The Morgan fingerprint density at radius 3 is 2.29 bits per heavy atom. The first kappa shape index (κ1) is 22.9. The summed E-state index contributed by atoms with van der Waals surface area (Å²) >= 11 is 7.35. The molecule has 2 heterocycles. The molecule has 0 aliphatic carbocycles. The van der Waals surface area contributed by atoms with Gasteiger partial charge in [-0.3, -0.25) is 14.5 Å². The molecule has 1 fully saturated rings. The van der Waals surface area contributed by atoms with Gasteiger partial charge in [0.15, 0.2) is 5.13 Å². The van der Waals surface area contributed by atoms with E-state index in [0.29, 0.717) is 38.3 Å². The number of ketones is 1. The smallest absolute Gasteiger partial charge is 0.301 e. The molecule has 1 N–H and O–H groups in total. The lowest BCUT2D eigenvalue weighted by Crippen LogP contribution is -2.29. The number of Topliss-reactive ketones (excluding diaryl/α,β-unsaturated/α-hetero) is 1. The third-order valence-electron chi connectivity index (χ3n) is 5.78. The number of methoxy groups -OCH3 is 2. The topological polar surface area (TPSA) is 89.0 Å². The lowest BCUT2D eigenvalue weighted by Gasteiger charge is -2.23. The Kier molecular flexibility index (Phi) is 5.92. The van der Waals surface area contributed by atoms with Gasteiger partial charge in [0.1, 0.15) is 17.3 Å². The number of thiazole rings is 1. The van der Waals surface area contributed by atoms with Gasteiger partial charge < -0.3 is 14.6 Å². The van der Waals surface area contributed by atoms with E-state index in [-0.39, 0.29) is 11.3 Å². The highest BCUT2D eigenvalue weighted by Gasteiger charge is 2.48. The molecule has 4 aromatic rings. The first-order valence-corrected chi connectivity index (χ1v) is 11.8. The van der Waals surface area contributed by atoms with Crippen LogP contribution in [0.5, 0.6) is 11.5 Å². The molecule has 0 saturated carbocycles. The molecule has 0 spiro atoms. The third kappa shape index (κ3) is 4.00. The fourth-order valence-corrected chi connectivity index (χ4v) is 5.16. The Bertz CT molecular complexity index is 1480. The quantitative estimate of drug-likeness (QED) is 0.215. The lowest BCUT2D eigenvalue weighted by molar-refractivity contribution is -0.132. The second kappa shape index (κ2) is 9.05. The number of rotatable bonds is 5. The Morgan fingerprint density at radius 2 is 1.63 bits per heavy atom. The molecule has 35 heavy (non-hydrogen) atoms. The highest BCUT2D eigenvalue weighted by molar-refractivity contribution is 7.22. The van der Waals surface area contributed by atoms with Crippen molar-refractivity contribution in [3.8, 4) is 11.5 Å². The van der Waals surface area contributed by atoms with E-state index in [0.717, 1.165) is 4.70 Å². The number of aliphatic hydroxyl groups is 1. The van der Waals surface area contributed by atoms with Crippen LogP contribution in [-0.4, -0.2) is 36.0 Å². The molecule has 1 atom stereocenters. The summed E-state index contributed by atoms with van der Waals surface area (Å²) in [4.78, 5) is 32.6. The summed E-state index contributed by atoms with van der Waals surface area (Å²) in [6.07, 6.45) is 0. The Morgan fingerprint density at radius 1 is 0.971 bits per heavy atom. The average Bonchev–Trinajstić information content (AvgIpc) is 3.41. The van der Waals surface area contributed by atoms with Crippen LogP contribution >= 0.6 is 22.9 Å². The van der Waals surface area contributed by atoms with Crippen molar-refractivity contribution in [2.75, 3.05) is 19.1 Å². The molecule has 5 rings (SSSR count). The van der Waals surface area contributed by atoms with Crippen LogP contribution < -0.4 is 14.4 Å². The van der Waals surface area contributed by atoms with E-state index in [1.807, 2.05) is 6.07 Å². The van der Waals surface area contributed by atoms with Crippen molar-refractivity contribution in [2.45, 2.75) is 6.04 Å². The van der Waals surface area contributed by atoms with E-state index in [9.17, 15) is 14.7 Å². The van der Waals surface area contributed by atoms with Gasteiger partial charge in [0.2, 0.25) is 0 Å². The molecule has 1 aromatic heterocycles. The number of halogens is 1. The molecule has 7 nitrogen and oxygen atoms in total. The van der Waals surface area contributed by atoms with Gasteiger partial charge in [-0.2, -0.15) is 0 Å². The number of aliphatic hydroxyl groups excluding tert-OH is 1. The van der Waals surface area contributed by atoms with E-state index in [1.54, 1.807) is 67.8 Å². The first-order chi connectivity index (χ1) is 16.9. The summed E-state index contributed by atoms with van der Waals surface area (Å²) in [6, 6.07) is 17.9. The van der Waals surface area contributed by atoms with Crippen LogP contribution in [0.1, 0.15) is 17.2 Å². The normalized spacial score (nSPS) is 17.2. The Balaban J connectivity index is 1.69. The molecule has 1 aliphatic heterocycles. The van der Waals surface area contributed by atoms with Crippen molar-refractivity contribution in [3.63, 3.8) is 0 Å². The van der Waals surface area contributed by atoms with Gasteiger partial charge in [0.25, 0.3) is 5.78 Å². The predicted octanol–water partition coefficient (Wildman–Crippen LogP) is 5.59. The van der Waals surface area contributed by atoms with Crippen molar-refractivity contribution in [1.29, 1.82) is 0 Å². The Labute approximate surface area is 209 Å². The maximum absolute atomic E-state index is 13.3. The summed E-state index contributed by atoms with van der Waals surface area (Å²) in [7, 11) is 3.11. The maximum Gasteiger partial charge on any atom is 0.301 e. The number of hydrogen-bond donors (Lipinski definition) is 1. The molecule has 176 valence electrons. The van der Waals surface area contributed by atoms with Gasteiger partial charge in [-0.25, -0.2) is 4.98 Å². The minimum absolute atomic E-state index is 0.0284. The van der Waals surface area contributed by atoms with Crippen LogP contribution in [0.2, 0.25) is 5.02 Å². The molecular formula is C26H19ClN2O5S. The van der Waals surface area contributed by atoms with E-state index in [4.69, 9.17) is 21.1 Å². The van der Waals surface area contributed by atoms with E-state index in [2.05, 4.69) is 4.98 Å². The van der Waals surface area contributed by atoms with Gasteiger partial charge in [-0.15, -0.1) is 0 Å². The van der Waals surface area contributed by atoms with Gasteiger partial charge in [0.05, 0.1) is 36.1 Å². The number of fused-ring (bicyclic) bond motifs is 1. The van der Waals surface area contributed by atoms with Crippen molar-refractivity contribution < 1.29 is 24.2 Å². The summed E-state index contributed by atoms with van der Waals surface area (Å²) < 4.78 is 11.3. The van der Waals surface area contributed by atoms with Gasteiger partial charge >= 0.3 is 5.91 Å². The maximum atomic E-state index is 13.3. The summed E-state index contributed by atoms with van der Waals surface area (Å²) in [5.41, 5.74) is 1.63. The predicted molar refractivity (Wildman–Crippen MR) is 135 cm³/mol. The molecule has 1 amide bonds. The summed E-state index contributed by atoms with van der Waals surface area (Å²) in [5.74, 6) is -0.595. The van der Waals surface area contributed by atoms with Crippen molar-refractivity contribution in [1.82, 2.24) is 4.98 Å². The fourth-order valence-electron chi connectivity index (χ4n) is 4.02. The molecular weight excluding hydrogens is 488 g/mol. The zero-order valence-corrected chi connectivity index (χ0v) is 20.3. The largest absolute Gasteiger partial charge is 0.507 e. The number of carbonyl (C=O) groups is 2. The fraction of sp³-hybridized carbons (Fsp3) is 0.115. The minimum atomic E-state index is -0.892. The molecule has 0 radical (unpaired) electrons. The zero-order valence-electron chi connectivity index (χ0n) is 18.7. The van der Waals surface area contributed by atoms with Gasteiger partial charge in [-0.1, -0.05) is 35.1 Å². The summed E-state index contributed by atoms with van der Waals surface area (Å²) in [6.45, 7) is 0. The number of carbonyl (C=O) groups excluding carboxylic acids is 2. The molecule has 9 heteroatoms. The SMILES string of the molecule is COc1ccc(C(O)=C2C(=O)C(=O)N(c3nc4ccc(OC)cc4s3)[C@@H]2c2ccc(Cl)cc2)cc1. The summed E-state index contributed by atoms with van der Waals surface area (Å²) in [5, 5.41) is 12.1. The number of aromatic nitrogens is 1. The van der Waals surface area contributed by atoms with Crippen LogP contribution in [0.3, 0.4) is 0 Å². The lowest BCUT2D eigenvalue weighted by atomic mass is 9.95. The van der Waals surface area contributed by atoms with E-state index < -0.39 is 17.7 Å². The van der Waals surface area contributed by atoms with Crippen LogP contribution in [-0.2, 0) is 9.59 Å². The van der Waals surface area contributed by atoms with Crippen LogP contribution in [0, 0.1) is 0 Å².